The maximum Gasteiger partial charge on any atom is 0.145 e. The predicted molar refractivity (Wildman–Crippen MR) is 82.0 cm³/mol. The first-order valence-corrected chi connectivity index (χ1v) is 7.26. The van der Waals surface area contributed by atoms with Crippen molar-refractivity contribution in [1.29, 1.82) is 0 Å². The molecule has 0 atom stereocenters. The van der Waals surface area contributed by atoms with Gasteiger partial charge in [0.25, 0.3) is 0 Å². The van der Waals surface area contributed by atoms with Crippen LogP contribution in [0, 0.1) is 12.7 Å². The summed E-state index contributed by atoms with van der Waals surface area (Å²) >= 11 is 0. The summed E-state index contributed by atoms with van der Waals surface area (Å²) in [5, 5.41) is 3.43. The smallest absolute Gasteiger partial charge is 0.145 e. The molecule has 0 spiro atoms. The van der Waals surface area contributed by atoms with E-state index in [0.717, 1.165) is 43.1 Å². The average molecular weight is 286 g/mol. The van der Waals surface area contributed by atoms with E-state index in [4.69, 9.17) is 0 Å². The molecule has 1 fully saturated rings. The van der Waals surface area contributed by atoms with Gasteiger partial charge in [-0.15, -0.1) is 0 Å². The Morgan fingerprint density at radius 1 is 1.24 bits per heavy atom. The van der Waals surface area contributed by atoms with Crippen LogP contribution < -0.4 is 10.2 Å². The van der Waals surface area contributed by atoms with Crippen molar-refractivity contribution >= 4 is 11.5 Å². The molecule has 0 bridgehead atoms. The number of halogens is 1. The third-order valence-corrected chi connectivity index (χ3v) is 3.78. The average Bonchev–Trinajstić information content (AvgIpc) is 2.48. The molecule has 0 radical (unpaired) electrons. The van der Waals surface area contributed by atoms with E-state index in [1.165, 1.54) is 6.07 Å². The summed E-state index contributed by atoms with van der Waals surface area (Å²) < 4.78 is 13.3. The molecule has 1 N–H and O–H groups in total. The van der Waals surface area contributed by atoms with Crippen LogP contribution in [0.5, 0.6) is 0 Å². The molecule has 1 aliphatic heterocycles. The molecule has 1 aliphatic rings. The van der Waals surface area contributed by atoms with Crippen LogP contribution in [0.2, 0.25) is 0 Å². The highest BCUT2D eigenvalue weighted by Gasteiger charge is 2.19. The summed E-state index contributed by atoms with van der Waals surface area (Å²) in [6.07, 6.45) is 5.52. The van der Waals surface area contributed by atoms with Crippen LogP contribution in [0.25, 0.3) is 0 Å². The molecular weight excluding hydrogens is 267 g/mol. The van der Waals surface area contributed by atoms with Gasteiger partial charge in [-0.25, -0.2) is 9.37 Å². The van der Waals surface area contributed by atoms with Gasteiger partial charge in [0.1, 0.15) is 11.6 Å². The Morgan fingerprint density at radius 2 is 2.05 bits per heavy atom. The Labute approximate surface area is 124 Å². The standard InChI is InChI=1S/C16H19FN4/c1-12-10-18-11-16(19-12)20-14-5-7-21(8-6-14)15-4-2-3-13(17)9-15/h2-4,9-11,14H,5-8H2,1H3,(H,19,20). The van der Waals surface area contributed by atoms with Crippen molar-refractivity contribution in [3.8, 4) is 0 Å². The van der Waals surface area contributed by atoms with Gasteiger partial charge in [-0.05, 0) is 38.0 Å². The fourth-order valence-electron chi connectivity index (χ4n) is 2.70. The van der Waals surface area contributed by atoms with E-state index in [1.807, 2.05) is 13.0 Å². The van der Waals surface area contributed by atoms with Gasteiger partial charge in [-0.3, -0.25) is 4.98 Å². The topological polar surface area (TPSA) is 41.1 Å². The molecule has 1 saturated heterocycles. The number of aryl methyl sites for hydroxylation is 1. The Hall–Kier alpha value is -2.17. The molecule has 0 saturated carbocycles. The van der Waals surface area contributed by atoms with Gasteiger partial charge in [-0.2, -0.15) is 0 Å². The zero-order valence-electron chi connectivity index (χ0n) is 12.1. The van der Waals surface area contributed by atoms with E-state index in [0.29, 0.717) is 6.04 Å². The van der Waals surface area contributed by atoms with Gasteiger partial charge in [0.15, 0.2) is 0 Å². The predicted octanol–water partition coefficient (Wildman–Crippen LogP) is 3.01. The number of hydrogen-bond acceptors (Lipinski definition) is 4. The highest BCUT2D eigenvalue weighted by molar-refractivity contribution is 5.47. The van der Waals surface area contributed by atoms with Gasteiger partial charge in [0.05, 0.1) is 11.9 Å². The lowest BCUT2D eigenvalue weighted by atomic mass is 10.0. The van der Waals surface area contributed by atoms with Crippen molar-refractivity contribution in [2.45, 2.75) is 25.8 Å². The maximum absolute atomic E-state index is 13.3. The second-order valence-corrected chi connectivity index (χ2v) is 5.43. The van der Waals surface area contributed by atoms with E-state index >= 15 is 0 Å². The van der Waals surface area contributed by atoms with E-state index in [9.17, 15) is 4.39 Å². The normalized spacial score (nSPS) is 16.0. The van der Waals surface area contributed by atoms with E-state index in [1.54, 1.807) is 24.5 Å². The molecular formula is C16H19FN4. The first-order valence-electron chi connectivity index (χ1n) is 7.26. The molecule has 1 aromatic carbocycles. The van der Waals surface area contributed by atoms with Crippen molar-refractivity contribution in [1.82, 2.24) is 9.97 Å². The Kier molecular flexibility index (Phi) is 3.99. The molecule has 2 aromatic rings. The monoisotopic (exact) mass is 286 g/mol. The number of hydrogen-bond donors (Lipinski definition) is 1. The molecule has 3 rings (SSSR count). The summed E-state index contributed by atoms with van der Waals surface area (Å²) in [7, 11) is 0. The quantitative estimate of drug-likeness (QED) is 0.941. The minimum absolute atomic E-state index is 0.178. The number of piperidine rings is 1. The van der Waals surface area contributed by atoms with E-state index < -0.39 is 0 Å². The molecule has 4 nitrogen and oxygen atoms in total. The lowest BCUT2D eigenvalue weighted by Crippen LogP contribution is -2.39. The molecule has 5 heteroatoms. The number of anilines is 2. The van der Waals surface area contributed by atoms with Crippen LogP contribution in [0.4, 0.5) is 15.9 Å². The largest absolute Gasteiger partial charge is 0.371 e. The van der Waals surface area contributed by atoms with Crippen LogP contribution >= 0.6 is 0 Å². The first kappa shape index (κ1) is 13.8. The number of nitrogens with zero attached hydrogens (tertiary/aromatic N) is 3. The van der Waals surface area contributed by atoms with Crippen molar-refractivity contribution in [3.05, 3.63) is 48.2 Å². The van der Waals surface area contributed by atoms with Crippen LogP contribution in [-0.2, 0) is 0 Å². The van der Waals surface area contributed by atoms with Gasteiger partial charge in [0.2, 0.25) is 0 Å². The summed E-state index contributed by atoms with van der Waals surface area (Å²) in [5.41, 5.74) is 1.88. The lowest BCUT2D eigenvalue weighted by Gasteiger charge is -2.34. The Balaban J connectivity index is 1.58. The zero-order valence-corrected chi connectivity index (χ0v) is 12.1. The fraction of sp³-hybridized carbons (Fsp3) is 0.375. The second-order valence-electron chi connectivity index (χ2n) is 5.43. The molecule has 1 aromatic heterocycles. The third-order valence-electron chi connectivity index (χ3n) is 3.78. The van der Waals surface area contributed by atoms with Crippen molar-refractivity contribution in [3.63, 3.8) is 0 Å². The number of nitrogens with one attached hydrogen (secondary N) is 1. The fourth-order valence-corrected chi connectivity index (χ4v) is 2.70. The molecule has 0 amide bonds. The van der Waals surface area contributed by atoms with Crippen LogP contribution in [0.3, 0.4) is 0 Å². The van der Waals surface area contributed by atoms with Crippen LogP contribution in [0.1, 0.15) is 18.5 Å². The number of rotatable bonds is 3. The Morgan fingerprint density at radius 3 is 2.76 bits per heavy atom. The Bertz CT molecular complexity index is 609. The number of benzene rings is 1. The van der Waals surface area contributed by atoms with Crippen LogP contribution in [-0.4, -0.2) is 29.1 Å². The van der Waals surface area contributed by atoms with Gasteiger partial charge < -0.3 is 10.2 Å². The maximum atomic E-state index is 13.3. The summed E-state index contributed by atoms with van der Waals surface area (Å²) in [6, 6.07) is 7.19. The van der Waals surface area contributed by atoms with Gasteiger partial charge in [-0.1, -0.05) is 6.07 Å². The lowest BCUT2D eigenvalue weighted by molar-refractivity contribution is 0.524. The highest BCUT2D eigenvalue weighted by Crippen LogP contribution is 2.22. The van der Waals surface area contributed by atoms with E-state index in [2.05, 4.69) is 20.2 Å². The highest BCUT2D eigenvalue weighted by atomic mass is 19.1. The summed E-state index contributed by atoms with van der Waals surface area (Å²) in [4.78, 5) is 10.8. The zero-order chi connectivity index (χ0) is 14.7. The number of aromatic nitrogens is 2. The molecule has 110 valence electrons. The van der Waals surface area contributed by atoms with Crippen molar-refractivity contribution in [2.24, 2.45) is 0 Å². The van der Waals surface area contributed by atoms with E-state index in [-0.39, 0.29) is 5.82 Å². The minimum atomic E-state index is -0.178. The SMILES string of the molecule is Cc1cncc(NC2CCN(c3cccc(F)c3)CC2)n1. The second kappa shape index (κ2) is 6.08. The summed E-state index contributed by atoms with van der Waals surface area (Å²) in [5.74, 6) is 0.655. The van der Waals surface area contributed by atoms with Crippen molar-refractivity contribution in [2.75, 3.05) is 23.3 Å². The molecule has 0 aliphatic carbocycles. The van der Waals surface area contributed by atoms with Gasteiger partial charge >= 0.3 is 0 Å². The first-order chi connectivity index (χ1) is 10.2. The molecule has 21 heavy (non-hydrogen) atoms. The van der Waals surface area contributed by atoms with Crippen molar-refractivity contribution < 1.29 is 4.39 Å². The minimum Gasteiger partial charge on any atom is -0.371 e. The molecule has 2 heterocycles. The molecule has 0 unspecified atom stereocenters. The van der Waals surface area contributed by atoms with Crippen LogP contribution in [0.15, 0.2) is 36.7 Å². The summed E-state index contributed by atoms with van der Waals surface area (Å²) in [6.45, 7) is 3.77. The van der Waals surface area contributed by atoms with Gasteiger partial charge in [0, 0.05) is 31.0 Å². The third kappa shape index (κ3) is 3.48.